The van der Waals surface area contributed by atoms with Crippen LogP contribution in [0.2, 0.25) is 15.2 Å². The summed E-state index contributed by atoms with van der Waals surface area (Å²) in [7, 11) is 1.59. The number of rotatable bonds is 5. The Bertz CT molecular complexity index is 1070. The molecule has 0 aliphatic heterocycles. The number of nitrogens with one attached hydrogen (secondary N) is 1. The van der Waals surface area contributed by atoms with E-state index in [0.29, 0.717) is 38.1 Å². The number of ether oxygens (including phenoxy) is 1. The summed E-state index contributed by atoms with van der Waals surface area (Å²) >= 11 is 19.4. The van der Waals surface area contributed by atoms with Crippen LogP contribution in [0.25, 0.3) is 22.0 Å². The molecule has 4 nitrogen and oxygen atoms in total. The Morgan fingerprint density at radius 2 is 1.86 bits per heavy atom. The van der Waals surface area contributed by atoms with Crippen LogP contribution in [0.5, 0.6) is 5.75 Å². The highest BCUT2D eigenvalue weighted by Gasteiger charge is 2.20. The quantitative estimate of drug-likeness (QED) is 0.418. The largest absolute Gasteiger partial charge is 0.495 e. The van der Waals surface area contributed by atoms with Crippen LogP contribution in [0.3, 0.4) is 0 Å². The molecule has 0 radical (unpaired) electrons. The van der Waals surface area contributed by atoms with E-state index in [-0.39, 0.29) is 0 Å². The van der Waals surface area contributed by atoms with Crippen LogP contribution in [0, 0.1) is 12.8 Å². The topological polar surface area (TPSA) is 47.0 Å². The molecular formula is C22H22Cl3N3O. The molecule has 0 unspecified atom stereocenters. The normalized spacial score (nSPS) is 14.5. The average molecular weight is 451 g/mol. The Hall–Kier alpha value is -1.75. The van der Waals surface area contributed by atoms with E-state index in [9.17, 15) is 0 Å². The first kappa shape index (κ1) is 20.5. The van der Waals surface area contributed by atoms with E-state index < -0.39 is 0 Å². The highest BCUT2D eigenvalue weighted by Crippen LogP contribution is 2.43. The average Bonchev–Trinajstić information content (AvgIpc) is 3.23. The number of halogens is 3. The van der Waals surface area contributed by atoms with Crippen LogP contribution in [0.15, 0.2) is 24.4 Å². The highest BCUT2D eigenvalue weighted by molar-refractivity contribution is 6.40. The zero-order valence-corrected chi connectivity index (χ0v) is 18.6. The first-order valence-corrected chi connectivity index (χ1v) is 10.8. The van der Waals surface area contributed by atoms with Gasteiger partial charge in [-0.3, -0.25) is 0 Å². The van der Waals surface area contributed by atoms with E-state index in [2.05, 4.69) is 10.3 Å². The third-order valence-electron chi connectivity index (χ3n) is 5.54. The summed E-state index contributed by atoms with van der Waals surface area (Å²) in [6, 6.07) is 5.60. The van der Waals surface area contributed by atoms with Crippen LogP contribution in [0.1, 0.15) is 31.2 Å². The van der Waals surface area contributed by atoms with Crippen LogP contribution in [-0.4, -0.2) is 23.6 Å². The van der Waals surface area contributed by atoms with Gasteiger partial charge in [0.05, 0.1) is 22.8 Å². The number of methoxy groups -OCH3 is 1. The maximum absolute atomic E-state index is 6.63. The van der Waals surface area contributed by atoms with Gasteiger partial charge in [-0.15, -0.1) is 0 Å². The van der Waals surface area contributed by atoms with Gasteiger partial charge in [-0.1, -0.05) is 47.6 Å². The number of hydrogen-bond donors (Lipinski definition) is 1. The highest BCUT2D eigenvalue weighted by atomic mass is 35.5. The minimum absolute atomic E-state index is 0.434. The molecule has 29 heavy (non-hydrogen) atoms. The number of fused-ring (bicyclic) bond motifs is 1. The van der Waals surface area contributed by atoms with Crippen molar-refractivity contribution in [1.82, 2.24) is 9.97 Å². The number of nitrogens with zero attached hydrogens (tertiary/aromatic N) is 2. The predicted molar refractivity (Wildman–Crippen MR) is 122 cm³/mol. The van der Waals surface area contributed by atoms with Crippen LogP contribution in [0.4, 0.5) is 5.82 Å². The number of aromatic nitrogens is 2. The molecule has 1 aliphatic rings. The number of aryl methyl sites for hydroxylation is 1. The monoisotopic (exact) mass is 449 g/mol. The number of anilines is 1. The fourth-order valence-electron chi connectivity index (χ4n) is 3.95. The van der Waals surface area contributed by atoms with Gasteiger partial charge < -0.3 is 10.1 Å². The van der Waals surface area contributed by atoms with Crippen molar-refractivity contribution in [1.29, 1.82) is 0 Å². The molecular weight excluding hydrogens is 429 g/mol. The van der Waals surface area contributed by atoms with Crippen molar-refractivity contribution in [3.8, 4) is 17.0 Å². The second kappa shape index (κ2) is 8.55. The van der Waals surface area contributed by atoms with Gasteiger partial charge in [-0.05, 0) is 49.4 Å². The molecule has 152 valence electrons. The molecule has 0 saturated heterocycles. The third kappa shape index (κ3) is 4.11. The third-order valence-corrected chi connectivity index (χ3v) is 6.61. The Balaban J connectivity index is 1.85. The Morgan fingerprint density at radius 1 is 1.10 bits per heavy atom. The van der Waals surface area contributed by atoms with Crippen molar-refractivity contribution in [2.24, 2.45) is 5.92 Å². The van der Waals surface area contributed by atoms with Crippen LogP contribution in [-0.2, 0) is 0 Å². The molecule has 1 aliphatic carbocycles. The Morgan fingerprint density at radius 3 is 2.59 bits per heavy atom. The summed E-state index contributed by atoms with van der Waals surface area (Å²) < 4.78 is 5.43. The fraction of sp³-hybridized carbons (Fsp3) is 0.364. The fourth-order valence-corrected chi connectivity index (χ4v) is 4.73. The number of pyridine rings is 2. The lowest BCUT2D eigenvalue weighted by Crippen LogP contribution is -2.12. The van der Waals surface area contributed by atoms with Gasteiger partial charge in [0, 0.05) is 29.1 Å². The summed E-state index contributed by atoms with van der Waals surface area (Å²) in [5, 5.41) is 6.82. The van der Waals surface area contributed by atoms with Gasteiger partial charge in [-0.25, -0.2) is 9.97 Å². The van der Waals surface area contributed by atoms with Gasteiger partial charge in [-0.2, -0.15) is 0 Å². The van der Waals surface area contributed by atoms with Crippen molar-refractivity contribution in [3.05, 3.63) is 45.2 Å². The summed E-state index contributed by atoms with van der Waals surface area (Å²) in [5.74, 6) is 2.00. The standard InChI is InChI=1S/C22H22Cl3N3O/c1-12-7-17(29-2)21(25)19(20(12)24)16-8-14-11-26-18(23)9-15(14)22(28-16)27-10-13-5-3-4-6-13/h7-9,11,13H,3-6,10H2,1-2H3,(H,27,28). The van der Waals surface area contributed by atoms with Crippen LogP contribution < -0.4 is 10.1 Å². The first-order chi connectivity index (χ1) is 14.0. The van der Waals surface area contributed by atoms with E-state index in [1.165, 1.54) is 25.7 Å². The second-order valence-electron chi connectivity index (χ2n) is 7.51. The Labute approximate surface area is 185 Å². The lowest BCUT2D eigenvalue weighted by atomic mass is 10.0. The van der Waals surface area contributed by atoms with Gasteiger partial charge in [0.25, 0.3) is 0 Å². The molecule has 1 N–H and O–H groups in total. The van der Waals surface area contributed by atoms with Gasteiger partial charge in [0.15, 0.2) is 0 Å². The van der Waals surface area contributed by atoms with E-state index in [4.69, 9.17) is 44.5 Å². The predicted octanol–water partition coefficient (Wildman–Crippen LogP) is 7.18. The first-order valence-electron chi connectivity index (χ1n) is 9.71. The number of benzene rings is 1. The maximum Gasteiger partial charge on any atom is 0.138 e. The summed E-state index contributed by atoms with van der Waals surface area (Å²) in [4.78, 5) is 9.13. The van der Waals surface area contributed by atoms with E-state index in [1.54, 1.807) is 13.3 Å². The van der Waals surface area contributed by atoms with Gasteiger partial charge in [0.2, 0.25) is 0 Å². The smallest absolute Gasteiger partial charge is 0.138 e. The molecule has 0 bridgehead atoms. The zero-order valence-electron chi connectivity index (χ0n) is 16.4. The van der Waals surface area contributed by atoms with E-state index in [1.807, 2.05) is 25.1 Å². The molecule has 4 rings (SSSR count). The van der Waals surface area contributed by atoms with Gasteiger partial charge >= 0.3 is 0 Å². The van der Waals surface area contributed by atoms with E-state index >= 15 is 0 Å². The minimum atomic E-state index is 0.434. The second-order valence-corrected chi connectivity index (χ2v) is 8.66. The summed E-state index contributed by atoms with van der Waals surface area (Å²) in [5.41, 5.74) is 2.21. The van der Waals surface area contributed by atoms with Crippen molar-refractivity contribution < 1.29 is 4.74 Å². The molecule has 0 atom stereocenters. The minimum Gasteiger partial charge on any atom is -0.495 e. The summed E-state index contributed by atoms with van der Waals surface area (Å²) in [6.45, 7) is 2.80. The molecule has 0 amide bonds. The van der Waals surface area contributed by atoms with Gasteiger partial charge in [0.1, 0.15) is 16.7 Å². The van der Waals surface area contributed by atoms with Crippen molar-refractivity contribution in [2.45, 2.75) is 32.6 Å². The maximum atomic E-state index is 6.63. The molecule has 0 spiro atoms. The van der Waals surface area contributed by atoms with Crippen molar-refractivity contribution in [2.75, 3.05) is 19.0 Å². The molecule has 1 saturated carbocycles. The van der Waals surface area contributed by atoms with Crippen molar-refractivity contribution in [3.63, 3.8) is 0 Å². The van der Waals surface area contributed by atoms with E-state index in [0.717, 1.165) is 28.7 Å². The molecule has 3 aromatic rings. The molecule has 1 fully saturated rings. The summed E-state index contributed by atoms with van der Waals surface area (Å²) in [6.07, 6.45) is 6.84. The zero-order chi connectivity index (χ0) is 20.5. The lowest BCUT2D eigenvalue weighted by molar-refractivity contribution is 0.415. The number of hydrogen-bond acceptors (Lipinski definition) is 4. The molecule has 2 heterocycles. The molecule has 7 heteroatoms. The molecule has 2 aromatic heterocycles. The Kier molecular flexibility index (Phi) is 6.05. The molecule has 1 aromatic carbocycles. The van der Waals surface area contributed by atoms with Crippen molar-refractivity contribution >= 4 is 51.4 Å². The van der Waals surface area contributed by atoms with Crippen LogP contribution >= 0.6 is 34.8 Å². The lowest BCUT2D eigenvalue weighted by Gasteiger charge is -2.17. The SMILES string of the molecule is COc1cc(C)c(Cl)c(-c2cc3cnc(Cl)cc3c(NCC3CCCC3)n2)c1Cl.